The van der Waals surface area contributed by atoms with Crippen LogP contribution in [-0.4, -0.2) is 13.4 Å². The van der Waals surface area contributed by atoms with Crippen molar-refractivity contribution in [3.05, 3.63) is 15.0 Å². The summed E-state index contributed by atoms with van der Waals surface area (Å²) in [5, 5.41) is 5.02. The highest BCUT2D eigenvalue weighted by Gasteiger charge is 2.25. The molecule has 0 bridgehead atoms. The summed E-state index contributed by atoms with van der Waals surface area (Å²) >= 11 is 4.55. The Labute approximate surface area is 95.7 Å². The van der Waals surface area contributed by atoms with Gasteiger partial charge in [-0.05, 0) is 22.4 Å². The normalized spacial score (nSPS) is 14.2. The van der Waals surface area contributed by atoms with Gasteiger partial charge in [0.1, 0.15) is 10.3 Å². The van der Waals surface area contributed by atoms with Crippen molar-refractivity contribution in [2.75, 3.05) is 0 Å². The van der Waals surface area contributed by atoms with E-state index in [1.807, 2.05) is 6.92 Å². The van der Waals surface area contributed by atoms with Gasteiger partial charge in [0.25, 0.3) is 0 Å². The number of hydrogen-bond acceptors (Lipinski definition) is 4. The third kappa shape index (κ3) is 3.01. The Morgan fingerprint density at radius 3 is 2.71 bits per heavy atom. The first kappa shape index (κ1) is 12.1. The molecule has 1 aromatic heterocycles. The lowest BCUT2D eigenvalue weighted by atomic mass is 10.2. The molecule has 1 unspecified atom stereocenters. The minimum absolute atomic E-state index is 0.513. The van der Waals surface area contributed by atoms with E-state index in [-0.39, 0.29) is 0 Å². The van der Waals surface area contributed by atoms with Crippen LogP contribution in [0.4, 0.5) is 0 Å². The largest absolute Gasteiger partial charge is 0.247 e. The Kier molecular flexibility index (Phi) is 4.05. The number of sulfonamides is 1. The van der Waals surface area contributed by atoms with Gasteiger partial charge in [-0.15, -0.1) is 11.3 Å². The second-order valence-electron chi connectivity index (χ2n) is 2.87. The number of hydrogen-bond donors (Lipinski definition) is 1. The van der Waals surface area contributed by atoms with E-state index >= 15 is 0 Å². The Morgan fingerprint density at radius 1 is 1.71 bits per heavy atom. The molecule has 1 heterocycles. The lowest BCUT2D eigenvalue weighted by Crippen LogP contribution is -2.21. The highest BCUT2D eigenvalue weighted by molar-refractivity contribution is 9.11. The number of halogens is 1. The monoisotopic (exact) mass is 298 g/mol. The molecule has 0 aliphatic rings. The second kappa shape index (κ2) is 4.69. The summed E-state index contributed by atoms with van der Waals surface area (Å²) in [4.78, 5) is 4.01. The second-order valence-corrected chi connectivity index (χ2v) is 7.06. The highest BCUT2D eigenvalue weighted by Crippen LogP contribution is 2.31. The molecule has 0 saturated carbocycles. The van der Waals surface area contributed by atoms with E-state index in [4.69, 9.17) is 5.14 Å². The average molecular weight is 299 g/mol. The third-order valence-electron chi connectivity index (χ3n) is 1.72. The number of aromatic nitrogens is 1. The molecule has 0 aliphatic carbocycles. The minimum atomic E-state index is -3.54. The first-order chi connectivity index (χ1) is 6.45. The van der Waals surface area contributed by atoms with Crippen LogP contribution in [0, 0.1) is 0 Å². The van der Waals surface area contributed by atoms with Gasteiger partial charge in [0.2, 0.25) is 10.0 Å². The molecule has 0 spiro atoms. The molecular formula is C7H11BrN2O2S2. The maximum Gasteiger partial charge on any atom is 0.218 e. The smallest absolute Gasteiger partial charge is 0.218 e. The zero-order valence-corrected chi connectivity index (χ0v) is 10.8. The lowest BCUT2D eigenvalue weighted by molar-refractivity contribution is 0.574. The van der Waals surface area contributed by atoms with Crippen molar-refractivity contribution >= 4 is 37.3 Å². The van der Waals surface area contributed by atoms with Crippen LogP contribution < -0.4 is 5.14 Å². The van der Waals surface area contributed by atoms with Crippen LogP contribution in [0.5, 0.6) is 0 Å². The van der Waals surface area contributed by atoms with Crippen molar-refractivity contribution in [3.63, 3.8) is 0 Å². The van der Waals surface area contributed by atoms with E-state index in [1.54, 1.807) is 6.20 Å². The summed E-state index contributed by atoms with van der Waals surface area (Å²) in [6, 6.07) is 0. The number of thiazole rings is 1. The molecule has 2 N–H and O–H groups in total. The number of nitrogens with two attached hydrogens (primary N) is 1. The van der Waals surface area contributed by atoms with Crippen molar-refractivity contribution in [2.24, 2.45) is 5.14 Å². The van der Waals surface area contributed by atoms with Crippen LogP contribution >= 0.6 is 27.3 Å². The van der Waals surface area contributed by atoms with Crippen LogP contribution in [-0.2, 0) is 10.0 Å². The number of nitrogens with zero attached hydrogens (tertiary/aromatic N) is 1. The van der Waals surface area contributed by atoms with E-state index in [0.29, 0.717) is 11.4 Å². The van der Waals surface area contributed by atoms with E-state index in [0.717, 1.165) is 10.2 Å². The fraction of sp³-hybridized carbons (Fsp3) is 0.571. The van der Waals surface area contributed by atoms with Crippen LogP contribution in [0.3, 0.4) is 0 Å². The molecular weight excluding hydrogens is 288 g/mol. The quantitative estimate of drug-likeness (QED) is 0.924. The van der Waals surface area contributed by atoms with Gasteiger partial charge in [0.15, 0.2) is 0 Å². The van der Waals surface area contributed by atoms with E-state index in [1.165, 1.54) is 11.3 Å². The molecule has 0 amide bonds. The third-order valence-corrected chi connectivity index (χ3v) is 4.71. The molecule has 1 rings (SSSR count). The maximum absolute atomic E-state index is 11.3. The predicted octanol–water partition coefficient (Wildman–Crippen LogP) is 2.04. The van der Waals surface area contributed by atoms with Crippen molar-refractivity contribution < 1.29 is 8.42 Å². The highest BCUT2D eigenvalue weighted by atomic mass is 79.9. The van der Waals surface area contributed by atoms with E-state index in [2.05, 4.69) is 20.9 Å². The molecule has 80 valence electrons. The van der Waals surface area contributed by atoms with Crippen molar-refractivity contribution in [3.8, 4) is 0 Å². The molecule has 1 atom stereocenters. The SMILES string of the molecule is CCCC(c1ncc(Br)s1)S(N)(=O)=O. The molecule has 1 aromatic rings. The maximum atomic E-state index is 11.3. The molecule has 0 fully saturated rings. The van der Waals surface area contributed by atoms with Crippen LogP contribution in [0.2, 0.25) is 0 Å². The minimum Gasteiger partial charge on any atom is -0.247 e. The molecule has 0 aliphatic heterocycles. The molecule has 7 heteroatoms. The summed E-state index contributed by atoms with van der Waals surface area (Å²) in [7, 11) is -3.54. The van der Waals surface area contributed by atoms with Gasteiger partial charge >= 0.3 is 0 Å². The van der Waals surface area contributed by atoms with Crippen LogP contribution in [0.15, 0.2) is 9.98 Å². The van der Waals surface area contributed by atoms with Crippen molar-refractivity contribution in [1.82, 2.24) is 4.98 Å². The molecule has 0 radical (unpaired) electrons. The van der Waals surface area contributed by atoms with Crippen molar-refractivity contribution in [2.45, 2.75) is 25.0 Å². The summed E-state index contributed by atoms with van der Waals surface area (Å²) in [6.07, 6.45) is 2.87. The van der Waals surface area contributed by atoms with Gasteiger partial charge in [-0.25, -0.2) is 18.5 Å². The van der Waals surface area contributed by atoms with Gasteiger partial charge in [-0.2, -0.15) is 0 Å². The fourth-order valence-electron chi connectivity index (χ4n) is 1.11. The zero-order chi connectivity index (χ0) is 10.8. The Morgan fingerprint density at radius 2 is 2.36 bits per heavy atom. The summed E-state index contributed by atoms with van der Waals surface area (Å²) in [5.41, 5.74) is 0. The van der Waals surface area contributed by atoms with Crippen LogP contribution in [0.1, 0.15) is 30.0 Å². The molecule has 4 nitrogen and oxygen atoms in total. The summed E-state index contributed by atoms with van der Waals surface area (Å²) in [6.45, 7) is 1.92. The van der Waals surface area contributed by atoms with E-state index in [9.17, 15) is 8.42 Å². The topological polar surface area (TPSA) is 73.0 Å². The lowest BCUT2D eigenvalue weighted by Gasteiger charge is -2.09. The van der Waals surface area contributed by atoms with Gasteiger partial charge in [0.05, 0.1) is 9.98 Å². The van der Waals surface area contributed by atoms with E-state index < -0.39 is 15.3 Å². The Hall–Kier alpha value is 0.0200. The number of rotatable bonds is 4. The van der Waals surface area contributed by atoms with Crippen LogP contribution in [0.25, 0.3) is 0 Å². The molecule has 0 saturated heterocycles. The Balaban J connectivity index is 3.00. The molecule has 0 aromatic carbocycles. The zero-order valence-electron chi connectivity index (χ0n) is 7.60. The van der Waals surface area contributed by atoms with Crippen molar-refractivity contribution in [1.29, 1.82) is 0 Å². The van der Waals surface area contributed by atoms with Gasteiger partial charge < -0.3 is 0 Å². The average Bonchev–Trinajstić information content (AvgIpc) is 2.45. The van der Waals surface area contributed by atoms with Gasteiger partial charge in [-0.3, -0.25) is 0 Å². The Bertz CT molecular complexity index is 402. The predicted molar refractivity (Wildman–Crippen MR) is 60.6 cm³/mol. The van der Waals surface area contributed by atoms with Gasteiger partial charge in [-0.1, -0.05) is 13.3 Å². The summed E-state index contributed by atoms with van der Waals surface area (Å²) < 4.78 is 23.3. The van der Waals surface area contributed by atoms with Gasteiger partial charge in [0, 0.05) is 0 Å². The standard InChI is InChI=1S/C7H11BrN2O2S2/c1-2-3-5(14(9,11)12)7-10-4-6(8)13-7/h4-5H,2-3H2,1H3,(H2,9,11,12). The summed E-state index contributed by atoms with van der Waals surface area (Å²) in [5.74, 6) is 0. The first-order valence-corrected chi connectivity index (χ1v) is 7.30. The fourth-order valence-corrected chi connectivity index (χ4v) is 3.82. The first-order valence-electron chi connectivity index (χ1n) is 4.08. The number of primary sulfonamides is 1. The molecule has 14 heavy (non-hydrogen) atoms.